The molecule has 0 heterocycles. The van der Waals surface area contributed by atoms with E-state index in [2.05, 4.69) is 0 Å². The lowest BCUT2D eigenvalue weighted by Gasteiger charge is -2.13. The fourth-order valence-corrected chi connectivity index (χ4v) is 1.93. The fourth-order valence-electron chi connectivity index (χ4n) is 1.93. The Morgan fingerprint density at radius 1 is 1.06 bits per heavy atom. The summed E-state index contributed by atoms with van der Waals surface area (Å²) in [5, 5.41) is 10.0. The number of aliphatic hydroxyl groups is 1. The van der Waals surface area contributed by atoms with Gasteiger partial charge in [-0.25, -0.2) is 8.78 Å². The third-order valence-electron chi connectivity index (χ3n) is 2.95. The van der Waals surface area contributed by atoms with E-state index in [1.165, 1.54) is 24.3 Å². The van der Waals surface area contributed by atoms with E-state index in [1.807, 2.05) is 0 Å². The molecule has 0 radical (unpaired) electrons. The molecule has 1 N–H and O–H groups in total. The van der Waals surface area contributed by atoms with Crippen molar-refractivity contribution in [3.8, 4) is 0 Å². The van der Waals surface area contributed by atoms with Crippen LogP contribution in [0.15, 0.2) is 42.5 Å². The van der Waals surface area contributed by atoms with Gasteiger partial charge in [-0.05, 0) is 47.9 Å². The molecule has 0 aliphatic heterocycles. The zero-order chi connectivity index (χ0) is 13.1. The molecule has 0 bridgehead atoms. The van der Waals surface area contributed by atoms with Crippen LogP contribution in [-0.4, -0.2) is 5.11 Å². The van der Waals surface area contributed by atoms with Gasteiger partial charge in [-0.1, -0.05) is 18.2 Å². The maximum atomic E-state index is 13.0. The highest BCUT2D eigenvalue weighted by Crippen LogP contribution is 2.21. The Kier molecular flexibility index (Phi) is 3.72. The Hall–Kier alpha value is -1.74. The Morgan fingerprint density at radius 3 is 2.44 bits per heavy atom. The quantitative estimate of drug-likeness (QED) is 0.880. The second-order valence-electron chi connectivity index (χ2n) is 4.35. The monoisotopic (exact) mass is 248 g/mol. The van der Waals surface area contributed by atoms with Crippen LogP contribution < -0.4 is 0 Å². The van der Waals surface area contributed by atoms with Crippen LogP contribution >= 0.6 is 0 Å². The molecule has 0 aromatic heterocycles. The van der Waals surface area contributed by atoms with Crippen LogP contribution in [0.5, 0.6) is 0 Å². The number of hydrogen-bond acceptors (Lipinski definition) is 1. The van der Waals surface area contributed by atoms with Crippen molar-refractivity contribution in [3.05, 3.63) is 70.8 Å². The second-order valence-corrected chi connectivity index (χ2v) is 4.35. The molecule has 18 heavy (non-hydrogen) atoms. The van der Waals surface area contributed by atoms with Gasteiger partial charge in [0.15, 0.2) is 0 Å². The van der Waals surface area contributed by atoms with Crippen molar-refractivity contribution < 1.29 is 13.9 Å². The summed E-state index contributed by atoms with van der Waals surface area (Å²) >= 11 is 0. The minimum absolute atomic E-state index is 0.295. The van der Waals surface area contributed by atoms with Gasteiger partial charge in [-0.3, -0.25) is 0 Å². The molecule has 2 aromatic rings. The number of rotatable bonds is 3. The van der Waals surface area contributed by atoms with Crippen molar-refractivity contribution >= 4 is 0 Å². The van der Waals surface area contributed by atoms with Crippen LogP contribution in [0, 0.1) is 18.6 Å². The van der Waals surface area contributed by atoms with Gasteiger partial charge < -0.3 is 5.11 Å². The maximum Gasteiger partial charge on any atom is 0.123 e. The summed E-state index contributed by atoms with van der Waals surface area (Å²) in [6.45, 7) is 1.79. The third-order valence-corrected chi connectivity index (χ3v) is 2.95. The SMILES string of the molecule is Cc1cc(F)ccc1CC(O)c1cccc(F)c1. The highest BCUT2D eigenvalue weighted by molar-refractivity contribution is 5.29. The number of hydrogen-bond donors (Lipinski definition) is 1. The Bertz CT molecular complexity index is 552. The summed E-state index contributed by atoms with van der Waals surface area (Å²) < 4.78 is 26.0. The summed E-state index contributed by atoms with van der Waals surface area (Å²) in [4.78, 5) is 0. The molecule has 3 heteroatoms. The maximum absolute atomic E-state index is 13.0. The summed E-state index contributed by atoms with van der Waals surface area (Å²) in [6, 6.07) is 10.3. The van der Waals surface area contributed by atoms with Crippen LogP contribution in [-0.2, 0) is 6.42 Å². The first-order valence-corrected chi connectivity index (χ1v) is 5.75. The van der Waals surface area contributed by atoms with Gasteiger partial charge in [-0.2, -0.15) is 0 Å². The Morgan fingerprint density at radius 2 is 1.78 bits per heavy atom. The van der Waals surface area contributed by atoms with Crippen LogP contribution in [0.1, 0.15) is 22.8 Å². The topological polar surface area (TPSA) is 20.2 Å². The minimum atomic E-state index is -0.787. The van der Waals surface area contributed by atoms with E-state index in [1.54, 1.807) is 25.1 Å². The molecule has 0 aliphatic carbocycles. The van der Waals surface area contributed by atoms with Gasteiger partial charge in [0.05, 0.1) is 6.10 Å². The molecule has 0 saturated carbocycles. The fraction of sp³-hybridized carbons (Fsp3) is 0.200. The molecule has 0 spiro atoms. The van der Waals surface area contributed by atoms with E-state index in [9.17, 15) is 13.9 Å². The average molecular weight is 248 g/mol. The van der Waals surface area contributed by atoms with Crippen molar-refractivity contribution in [1.82, 2.24) is 0 Å². The van der Waals surface area contributed by atoms with Crippen molar-refractivity contribution in [1.29, 1.82) is 0 Å². The van der Waals surface area contributed by atoms with E-state index in [0.717, 1.165) is 11.1 Å². The van der Waals surface area contributed by atoms with Crippen LogP contribution in [0.4, 0.5) is 8.78 Å². The van der Waals surface area contributed by atoms with Gasteiger partial charge in [0.25, 0.3) is 0 Å². The average Bonchev–Trinajstić information content (AvgIpc) is 2.32. The normalized spacial score (nSPS) is 12.4. The first kappa shape index (κ1) is 12.7. The van der Waals surface area contributed by atoms with E-state index in [-0.39, 0.29) is 11.6 Å². The zero-order valence-corrected chi connectivity index (χ0v) is 10.0. The van der Waals surface area contributed by atoms with E-state index in [4.69, 9.17) is 0 Å². The standard InChI is InChI=1S/C15H14F2O/c1-10-7-14(17)6-5-11(10)9-15(18)12-3-2-4-13(16)8-12/h2-8,15,18H,9H2,1H3. The Balaban J connectivity index is 2.18. The number of aryl methyl sites for hydroxylation is 1. The molecule has 0 amide bonds. The molecule has 1 unspecified atom stereocenters. The minimum Gasteiger partial charge on any atom is -0.388 e. The predicted octanol–water partition coefficient (Wildman–Crippen LogP) is 3.55. The summed E-state index contributed by atoms with van der Waals surface area (Å²) in [5.41, 5.74) is 2.16. The zero-order valence-electron chi connectivity index (χ0n) is 10.0. The van der Waals surface area contributed by atoms with Gasteiger partial charge in [-0.15, -0.1) is 0 Å². The largest absolute Gasteiger partial charge is 0.388 e. The molecule has 0 aliphatic rings. The third kappa shape index (κ3) is 2.93. The molecular weight excluding hydrogens is 234 g/mol. The molecule has 2 aromatic carbocycles. The first-order chi connectivity index (χ1) is 8.56. The van der Waals surface area contributed by atoms with Gasteiger partial charge in [0, 0.05) is 6.42 Å². The lowest BCUT2D eigenvalue weighted by Crippen LogP contribution is -2.03. The Labute approximate surface area is 105 Å². The van der Waals surface area contributed by atoms with E-state index < -0.39 is 6.10 Å². The molecule has 2 rings (SSSR count). The molecular formula is C15H14F2O. The lowest BCUT2D eigenvalue weighted by atomic mass is 9.98. The lowest BCUT2D eigenvalue weighted by molar-refractivity contribution is 0.178. The van der Waals surface area contributed by atoms with Gasteiger partial charge in [0.2, 0.25) is 0 Å². The van der Waals surface area contributed by atoms with Crippen molar-refractivity contribution in [3.63, 3.8) is 0 Å². The number of halogens is 2. The summed E-state index contributed by atoms with van der Waals surface area (Å²) in [7, 11) is 0. The van der Waals surface area contributed by atoms with Crippen LogP contribution in [0.2, 0.25) is 0 Å². The van der Waals surface area contributed by atoms with E-state index >= 15 is 0 Å². The second kappa shape index (κ2) is 5.27. The summed E-state index contributed by atoms with van der Waals surface area (Å²) in [5.74, 6) is -0.668. The van der Waals surface area contributed by atoms with Crippen molar-refractivity contribution in [2.75, 3.05) is 0 Å². The molecule has 0 saturated heterocycles. The highest BCUT2D eigenvalue weighted by atomic mass is 19.1. The number of benzene rings is 2. The predicted molar refractivity (Wildman–Crippen MR) is 66.2 cm³/mol. The molecule has 94 valence electrons. The molecule has 0 fully saturated rings. The smallest absolute Gasteiger partial charge is 0.123 e. The van der Waals surface area contributed by atoms with Gasteiger partial charge >= 0.3 is 0 Å². The van der Waals surface area contributed by atoms with Crippen LogP contribution in [0.25, 0.3) is 0 Å². The van der Waals surface area contributed by atoms with Crippen molar-refractivity contribution in [2.45, 2.75) is 19.4 Å². The summed E-state index contributed by atoms with van der Waals surface area (Å²) in [6.07, 6.45) is -0.444. The first-order valence-electron chi connectivity index (χ1n) is 5.75. The molecule has 1 nitrogen and oxygen atoms in total. The highest BCUT2D eigenvalue weighted by Gasteiger charge is 2.11. The molecule has 1 atom stereocenters. The van der Waals surface area contributed by atoms with Crippen molar-refractivity contribution in [2.24, 2.45) is 0 Å². The van der Waals surface area contributed by atoms with Gasteiger partial charge in [0.1, 0.15) is 11.6 Å². The van der Waals surface area contributed by atoms with E-state index in [0.29, 0.717) is 12.0 Å². The van der Waals surface area contributed by atoms with Crippen LogP contribution in [0.3, 0.4) is 0 Å². The number of aliphatic hydroxyl groups excluding tert-OH is 1.